The van der Waals surface area contributed by atoms with Crippen LogP contribution in [0.15, 0.2) is 24.3 Å². The first kappa shape index (κ1) is 19.2. The van der Waals surface area contributed by atoms with Gasteiger partial charge < -0.3 is 9.47 Å². The Morgan fingerprint density at radius 1 is 1.33 bits per heavy atom. The summed E-state index contributed by atoms with van der Waals surface area (Å²) in [5.74, 6) is -3.38. The molecule has 0 aromatic heterocycles. The summed E-state index contributed by atoms with van der Waals surface area (Å²) in [4.78, 5) is 39.0. The summed E-state index contributed by atoms with van der Waals surface area (Å²) in [6.07, 6.45) is 0.220. The summed E-state index contributed by atoms with van der Waals surface area (Å²) in [6.45, 7) is -1.27. The Bertz CT molecular complexity index is 787. The van der Waals surface area contributed by atoms with Crippen LogP contribution in [0.5, 0.6) is 5.75 Å². The molecule has 1 aromatic carbocycles. The minimum atomic E-state index is -2.99. The average molecular weight is 382 g/mol. The number of rotatable bonds is 5. The SMILES string of the molecule is CC[C@]1(C(=O)OC)N[C@@H](c2cccc(OC(F)F)c2)[C@H]2C(=O)N(C)C(=O)[C@H]21. The zero-order valence-electron chi connectivity index (χ0n) is 15.1. The monoisotopic (exact) mass is 382 g/mol. The Morgan fingerprint density at radius 2 is 2.04 bits per heavy atom. The Balaban J connectivity index is 2.08. The van der Waals surface area contributed by atoms with Crippen molar-refractivity contribution < 1.29 is 32.6 Å². The molecule has 4 atom stereocenters. The summed E-state index contributed by atoms with van der Waals surface area (Å²) >= 11 is 0. The number of nitrogens with zero attached hydrogens (tertiary/aromatic N) is 1. The molecule has 0 bridgehead atoms. The van der Waals surface area contributed by atoms with Crippen molar-refractivity contribution >= 4 is 17.8 Å². The first-order chi connectivity index (χ1) is 12.8. The fraction of sp³-hybridized carbons (Fsp3) is 0.500. The largest absolute Gasteiger partial charge is 0.468 e. The molecule has 146 valence electrons. The van der Waals surface area contributed by atoms with Crippen LogP contribution < -0.4 is 10.1 Å². The van der Waals surface area contributed by atoms with Gasteiger partial charge in [0, 0.05) is 13.1 Å². The average Bonchev–Trinajstić information content (AvgIpc) is 3.11. The number of methoxy groups -OCH3 is 1. The van der Waals surface area contributed by atoms with E-state index in [-0.39, 0.29) is 12.2 Å². The molecule has 2 aliphatic heterocycles. The van der Waals surface area contributed by atoms with Crippen molar-refractivity contribution in [1.82, 2.24) is 10.2 Å². The number of hydrogen-bond acceptors (Lipinski definition) is 6. The molecule has 2 fully saturated rings. The van der Waals surface area contributed by atoms with Gasteiger partial charge in [-0.15, -0.1) is 0 Å². The molecule has 9 heteroatoms. The van der Waals surface area contributed by atoms with Crippen molar-refractivity contribution in [1.29, 1.82) is 0 Å². The van der Waals surface area contributed by atoms with Crippen LogP contribution in [-0.4, -0.2) is 49.0 Å². The lowest BCUT2D eigenvalue weighted by Gasteiger charge is -2.30. The standard InChI is InChI=1S/C18H20F2N2O5/c1-4-18(16(25)26-3)12-11(14(23)22(2)15(12)24)13(21-18)9-6-5-7-10(8-9)27-17(19)20/h5-8,11-13,17,21H,4H2,1-3H3/t11-,12-,13-,18-/m0/s1. The van der Waals surface area contributed by atoms with E-state index in [9.17, 15) is 23.2 Å². The number of ether oxygens (including phenoxy) is 2. The van der Waals surface area contributed by atoms with E-state index in [1.54, 1.807) is 13.0 Å². The van der Waals surface area contributed by atoms with Gasteiger partial charge in [-0.05, 0) is 24.1 Å². The lowest BCUT2D eigenvalue weighted by Crippen LogP contribution is -2.55. The summed E-state index contributed by atoms with van der Waals surface area (Å²) in [5.41, 5.74) is -0.903. The number of carbonyl (C=O) groups is 3. The van der Waals surface area contributed by atoms with Crippen LogP contribution >= 0.6 is 0 Å². The molecule has 0 saturated carbocycles. The van der Waals surface area contributed by atoms with E-state index in [1.165, 1.54) is 32.4 Å². The maximum atomic E-state index is 12.7. The number of fused-ring (bicyclic) bond motifs is 1. The number of carbonyl (C=O) groups excluding carboxylic acids is 3. The van der Waals surface area contributed by atoms with Crippen LogP contribution in [0.2, 0.25) is 0 Å². The summed E-state index contributed by atoms with van der Waals surface area (Å²) < 4.78 is 34.4. The molecule has 3 rings (SSSR count). The van der Waals surface area contributed by atoms with Crippen molar-refractivity contribution in [3.05, 3.63) is 29.8 Å². The number of amides is 2. The molecular formula is C18H20F2N2O5. The van der Waals surface area contributed by atoms with Crippen LogP contribution in [-0.2, 0) is 19.1 Å². The van der Waals surface area contributed by atoms with Crippen molar-refractivity contribution in [3.63, 3.8) is 0 Å². The predicted molar refractivity (Wildman–Crippen MR) is 88.7 cm³/mol. The summed E-state index contributed by atoms with van der Waals surface area (Å²) in [7, 11) is 2.58. The minimum Gasteiger partial charge on any atom is -0.468 e. The van der Waals surface area contributed by atoms with E-state index in [0.29, 0.717) is 5.56 Å². The molecule has 0 aliphatic carbocycles. The highest BCUT2D eigenvalue weighted by Gasteiger charge is 2.67. The second kappa shape index (κ2) is 6.88. The Kier molecular flexibility index (Phi) is 4.90. The number of nitrogens with one attached hydrogen (secondary N) is 1. The van der Waals surface area contributed by atoms with Gasteiger partial charge in [0.05, 0.1) is 18.9 Å². The summed E-state index contributed by atoms with van der Waals surface area (Å²) in [6, 6.07) is 5.16. The number of benzene rings is 1. The smallest absolute Gasteiger partial charge is 0.387 e. The highest BCUT2D eigenvalue weighted by Crippen LogP contribution is 2.50. The van der Waals surface area contributed by atoms with E-state index in [4.69, 9.17) is 4.74 Å². The molecule has 0 spiro atoms. The number of likely N-dealkylation sites (tertiary alicyclic amines) is 1. The quantitative estimate of drug-likeness (QED) is 0.614. The molecule has 0 radical (unpaired) electrons. The molecule has 2 saturated heterocycles. The minimum absolute atomic E-state index is 0.0713. The molecule has 1 N–H and O–H groups in total. The summed E-state index contributed by atoms with van der Waals surface area (Å²) in [5, 5.41) is 3.10. The predicted octanol–water partition coefficient (Wildman–Crippen LogP) is 1.49. The lowest BCUT2D eigenvalue weighted by atomic mass is 9.78. The van der Waals surface area contributed by atoms with Gasteiger partial charge in [0.15, 0.2) is 0 Å². The highest BCUT2D eigenvalue weighted by atomic mass is 19.3. The van der Waals surface area contributed by atoms with E-state index in [0.717, 1.165) is 4.90 Å². The second-order valence-corrected chi connectivity index (χ2v) is 6.63. The fourth-order valence-electron chi connectivity index (χ4n) is 4.16. The van der Waals surface area contributed by atoms with Crippen molar-refractivity contribution in [2.75, 3.05) is 14.2 Å². The molecular weight excluding hydrogens is 362 g/mol. The first-order valence-electron chi connectivity index (χ1n) is 8.49. The number of alkyl halides is 2. The van der Waals surface area contributed by atoms with Crippen LogP contribution in [0.1, 0.15) is 24.9 Å². The van der Waals surface area contributed by atoms with Crippen molar-refractivity contribution in [2.24, 2.45) is 11.8 Å². The number of imide groups is 1. The van der Waals surface area contributed by atoms with Gasteiger partial charge in [-0.1, -0.05) is 19.1 Å². The molecule has 2 amide bonds. The number of esters is 1. The zero-order valence-corrected chi connectivity index (χ0v) is 15.1. The molecule has 27 heavy (non-hydrogen) atoms. The number of hydrogen-bond donors (Lipinski definition) is 1. The maximum Gasteiger partial charge on any atom is 0.387 e. The Morgan fingerprint density at radius 3 is 2.63 bits per heavy atom. The first-order valence-corrected chi connectivity index (χ1v) is 8.49. The van der Waals surface area contributed by atoms with E-state index in [2.05, 4.69) is 10.1 Å². The van der Waals surface area contributed by atoms with Crippen molar-refractivity contribution in [3.8, 4) is 5.75 Å². The van der Waals surface area contributed by atoms with Gasteiger partial charge in [0.25, 0.3) is 0 Å². The zero-order chi connectivity index (χ0) is 19.9. The maximum absolute atomic E-state index is 12.7. The Labute approximate surface area is 154 Å². The van der Waals surface area contributed by atoms with Gasteiger partial charge in [-0.3, -0.25) is 24.6 Å². The fourth-order valence-corrected chi connectivity index (χ4v) is 4.16. The second-order valence-electron chi connectivity index (χ2n) is 6.63. The molecule has 2 aliphatic rings. The van der Waals surface area contributed by atoms with E-state index < -0.39 is 47.8 Å². The van der Waals surface area contributed by atoms with Crippen LogP contribution in [0.3, 0.4) is 0 Å². The van der Waals surface area contributed by atoms with Gasteiger partial charge >= 0.3 is 12.6 Å². The molecule has 1 aromatic rings. The lowest BCUT2D eigenvalue weighted by molar-refractivity contribution is -0.154. The van der Waals surface area contributed by atoms with Crippen molar-refractivity contribution in [2.45, 2.75) is 31.5 Å². The normalized spacial score (nSPS) is 30.0. The van der Waals surface area contributed by atoms with Gasteiger partial charge in [-0.2, -0.15) is 8.78 Å². The van der Waals surface area contributed by atoms with Crippen LogP contribution in [0.25, 0.3) is 0 Å². The number of halogens is 2. The highest BCUT2D eigenvalue weighted by molar-refractivity contribution is 6.09. The molecule has 0 unspecified atom stereocenters. The third-order valence-corrected chi connectivity index (χ3v) is 5.42. The Hall–Kier alpha value is -2.55. The molecule has 7 nitrogen and oxygen atoms in total. The third kappa shape index (κ3) is 2.86. The topological polar surface area (TPSA) is 84.9 Å². The van der Waals surface area contributed by atoms with Crippen LogP contribution in [0, 0.1) is 11.8 Å². The third-order valence-electron chi connectivity index (χ3n) is 5.42. The van der Waals surface area contributed by atoms with Gasteiger partial charge in [0.2, 0.25) is 11.8 Å². The van der Waals surface area contributed by atoms with Crippen LogP contribution in [0.4, 0.5) is 8.78 Å². The van der Waals surface area contributed by atoms with Gasteiger partial charge in [-0.25, -0.2) is 0 Å². The van der Waals surface area contributed by atoms with E-state index in [1.807, 2.05) is 0 Å². The molecule has 2 heterocycles. The van der Waals surface area contributed by atoms with E-state index >= 15 is 0 Å². The van der Waals surface area contributed by atoms with Gasteiger partial charge in [0.1, 0.15) is 11.3 Å².